The summed E-state index contributed by atoms with van der Waals surface area (Å²) >= 11 is 1.22. The van der Waals surface area contributed by atoms with Crippen LogP contribution in [0.3, 0.4) is 0 Å². The third-order valence-electron chi connectivity index (χ3n) is 6.95. The maximum absolute atomic E-state index is 12.5. The molecule has 10 nitrogen and oxygen atoms in total. The van der Waals surface area contributed by atoms with Crippen molar-refractivity contribution in [3.8, 4) is 28.6 Å². The predicted octanol–water partition coefficient (Wildman–Crippen LogP) is 6.57. The van der Waals surface area contributed by atoms with Crippen molar-refractivity contribution in [3.63, 3.8) is 0 Å². The number of carbonyl (C=O) groups excluding carboxylic acids is 2. The van der Waals surface area contributed by atoms with Crippen molar-refractivity contribution >= 4 is 34.6 Å². The van der Waals surface area contributed by atoms with Crippen molar-refractivity contribution in [1.29, 1.82) is 0 Å². The maximum atomic E-state index is 12.5. The van der Waals surface area contributed by atoms with Crippen LogP contribution in [0.4, 0.5) is 23.7 Å². The molecule has 1 saturated heterocycles. The van der Waals surface area contributed by atoms with Gasteiger partial charge in [-0.1, -0.05) is 43.0 Å². The number of ether oxygens (including phenoxy) is 2. The zero-order valence-electron chi connectivity index (χ0n) is 24.3. The number of hydrogen-bond acceptors (Lipinski definition) is 7. The highest BCUT2D eigenvalue weighted by molar-refractivity contribution is 8.15. The van der Waals surface area contributed by atoms with Crippen LogP contribution in [0.1, 0.15) is 31.2 Å². The minimum Gasteiger partial charge on any atom is -0.497 e. The molecule has 3 aromatic carbocycles. The highest BCUT2D eigenvalue weighted by Gasteiger charge is 2.31. The Bertz CT molecular complexity index is 1660. The normalized spacial score (nSPS) is 14.9. The topological polar surface area (TPSA) is 111 Å². The number of methoxy groups -OCH3 is 1. The van der Waals surface area contributed by atoms with Crippen LogP contribution in [0.25, 0.3) is 17.1 Å². The highest BCUT2D eigenvalue weighted by Crippen LogP contribution is 2.29. The maximum Gasteiger partial charge on any atom is 0.573 e. The molecule has 45 heavy (non-hydrogen) atoms. The van der Waals surface area contributed by atoms with E-state index in [-0.39, 0.29) is 23.3 Å². The van der Waals surface area contributed by atoms with E-state index >= 15 is 0 Å². The number of thioether (sulfide) groups is 1. The molecule has 0 radical (unpaired) electrons. The Kier molecular flexibility index (Phi) is 9.71. The Balaban J connectivity index is 1.10. The van der Waals surface area contributed by atoms with Gasteiger partial charge in [0.15, 0.2) is 11.0 Å². The lowest BCUT2D eigenvalue weighted by Gasteiger charge is -2.16. The van der Waals surface area contributed by atoms with E-state index in [0.717, 1.165) is 24.0 Å². The van der Waals surface area contributed by atoms with Crippen LogP contribution >= 0.6 is 11.8 Å². The second-order valence-electron chi connectivity index (χ2n) is 10.1. The van der Waals surface area contributed by atoms with E-state index < -0.39 is 12.4 Å². The second-order valence-corrected chi connectivity index (χ2v) is 11.0. The SMILES string of the molecule is COc1ccc(N2C(=O)CSC2=NC(=O)NCCCC(C)c2ccc(-c3ncn(-c4ccc(OC(F)(F)F)cc4)n3)cc2)cc1. The van der Waals surface area contributed by atoms with Crippen molar-refractivity contribution in [2.75, 3.05) is 24.3 Å². The number of nitrogens with one attached hydrogen (secondary N) is 1. The number of hydrogen-bond donors (Lipinski definition) is 1. The van der Waals surface area contributed by atoms with Gasteiger partial charge in [0.1, 0.15) is 17.8 Å². The first-order chi connectivity index (χ1) is 21.6. The summed E-state index contributed by atoms with van der Waals surface area (Å²) in [5, 5.41) is 7.58. The van der Waals surface area contributed by atoms with Crippen LogP contribution in [-0.4, -0.2) is 57.6 Å². The Hall–Kier alpha value is -4.85. The van der Waals surface area contributed by atoms with Gasteiger partial charge in [0.25, 0.3) is 0 Å². The van der Waals surface area contributed by atoms with Crippen molar-refractivity contribution in [1.82, 2.24) is 20.1 Å². The number of amides is 3. The van der Waals surface area contributed by atoms with Gasteiger partial charge >= 0.3 is 12.4 Å². The minimum absolute atomic E-state index is 0.145. The smallest absolute Gasteiger partial charge is 0.497 e. The number of aromatic nitrogens is 3. The summed E-state index contributed by atoms with van der Waals surface area (Å²) in [4.78, 5) is 34.8. The first-order valence-corrected chi connectivity index (χ1v) is 14.9. The summed E-state index contributed by atoms with van der Waals surface area (Å²) < 4.78 is 47.8. The van der Waals surface area contributed by atoms with Gasteiger partial charge in [-0.2, -0.15) is 4.99 Å². The van der Waals surface area contributed by atoms with Crippen molar-refractivity contribution in [2.45, 2.75) is 32.0 Å². The molecule has 234 valence electrons. The number of benzene rings is 3. The molecule has 1 aliphatic rings. The zero-order chi connectivity index (χ0) is 32.0. The Labute approximate surface area is 261 Å². The molecule has 2 heterocycles. The summed E-state index contributed by atoms with van der Waals surface area (Å²) in [6.45, 7) is 2.54. The third kappa shape index (κ3) is 8.20. The first kappa shape index (κ1) is 31.6. The second kappa shape index (κ2) is 13.8. The average molecular weight is 639 g/mol. The van der Waals surface area contributed by atoms with Gasteiger partial charge in [-0.05, 0) is 72.9 Å². The number of alkyl halides is 3. The average Bonchev–Trinajstić information content (AvgIpc) is 3.66. The standard InChI is InChI=1S/C31H29F3N6O4S/c1-20(4-3-17-35-29(42)37-30-40(27(41)18-45-30)24-11-13-25(43-2)14-12-24)21-5-7-22(8-6-21)28-36-19-39(38-28)23-9-15-26(16-10-23)44-31(32,33)34/h5-16,19-20H,3-4,17-18H2,1-2H3,(H,35,42). The zero-order valence-corrected chi connectivity index (χ0v) is 25.1. The Morgan fingerprint density at radius 1 is 1.02 bits per heavy atom. The quantitative estimate of drug-likeness (QED) is 0.196. The van der Waals surface area contributed by atoms with E-state index in [4.69, 9.17) is 4.74 Å². The largest absolute Gasteiger partial charge is 0.573 e. The third-order valence-corrected chi connectivity index (χ3v) is 7.87. The molecule has 1 atom stereocenters. The van der Waals surface area contributed by atoms with Crippen molar-refractivity contribution in [3.05, 3.63) is 84.7 Å². The summed E-state index contributed by atoms with van der Waals surface area (Å²) in [6, 6.07) is 19.7. The summed E-state index contributed by atoms with van der Waals surface area (Å²) in [6.07, 6.45) is -1.71. The monoisotopic (exact) mass is 638 g/mol. The molecule has 1 aliphatic heterocycles. The minimum atomic E-state index is -4.75. The van der Waals surface area contributed by atoms with E-state index in [1.165, 1.54) is 51.9 Å². The molecular formula is C31H29F3N6O4S. The van der Waals surface area contributed by atoms with Gasteiger partial charge in [0, 0.05) is 12.1 Å². The molecule has 1 unspecified atom stereocenters. The number of nitrogens with zero attached hydrogens (tertiary/aromatic N) is 5. The van der Waals surface area contributed by atoms with Crippen LogP contribution in [0, 0.1) is 0 Å². The van der Waals surface area contributed by atoms with Crippen LogP contribution < -0.4 is 19.7 Å². The van der Waals surface area contributed by atoms with E-state index in [2.05, 4.69) is 32.1 Å². The Morgan fingerprint density at radius 2 is 1.69 bits per heavy atom. The highest BCUT2D eigenvalue weighted by atomic mass is 32.2. The molecule has 5 rings (SSSR count). The fraction of sp³-hybridized carbons (Fsp3) is 0.258. The van der Waals surface area contributed by atoms with Crippen LogP contribution in [0.15, 0.2) is 84.1 Å². The lowest BCUT2D eigenvalue weighted by atomic mass is 9.95. The fourth-order valence-electron chi connectivity index (χ4n) is 4.61. The number of halogens is 3. The molecule has 1 fully saturated rings. The number of aliphatic imine (C=N–C) groups is 1. The molecule has 14 heteroatoms. The molecule has 0 aliphatic carbocycles. The summed E-state index contributed by atoms with van der Waals surface area (Å²) in [5.41, 5.74) is 3.06. The van der Waals surface area contributed by atoms with Gasteiger partial charge in [-0.15, -0.1) is 18.3 Å². The number of amidine groups is 1. The molecule has 1 N–H and O–H groups in total. The summed E-state index contributed by atoms with van der Waals surface area (Å²) in [7, 11) is 1.56. The molecule has 0 bridgehead atoms. The first-order valence-electron chi connectivity index (χ1n) is 13.9. The van der Waals surface area contributed by atoms with Crippen LogP contribution in [0.2, 0.25) is 0 Å². The van der Waals surface area contributed by atoms with Crippen LogP contribution in [0.5, 0.6) is 11.5 Å². The molecule has 3 amide bonds. The lowest BCUT2D eigenvalue weighted by Crippen LogP contribution is -2.31. The number of anilines is 1. The van der Waals surface area contributed by atoms with Crippen molar-refractivity contribution < 1.29 is 32.2 Å². The van der Waals surface area contributed by atoms with E-state index in [1.807, 2.05) is 24.3 Å². The van der Waals surface area contributed by atoms with Crippen molar-refractivity contribution in [2.24, 2.45) is 4.99 Å². The predicted molar refractivity (Wildman–Crippen MR) is 165 cm³/mol. The molecule has 0 saturated carbocycles. The molecule has 1 aromatic heterocycles. The van der Waals surface area contributed by atoms with Crippen LogP contribution in [-0.2, 0) is 4.79 Å². The summed E-state index contributed by atoms with van der Waals surface area (Å²) in [5.74, 6) is 1.11. The Morgan fingerprint density at radius 3 is 2.36 bits per heavy atom. The van der Waals surface area contributed by atoms with Gasteiger partial charge in [-0.3, -0.25) is 9.69 Å². The molecule has 4 aromatic rings. The molecule has 0 spiro atoms. The number of urea groups is 1. The van der Waals surface area contributed by atoms with Gasteiger partial charge in [0.2, 0.25) is 5.91 Å². The lowest BCUT2D eigenvalue weighted by molar-refractivity contribution is -0.274. The van der Waals surface area contributed by atoms with Gasteiger partial charge in [-0.25, -0.2) is 14.5 Å². The number of carbonyl (C=O) groups is 2. The van der Waals surface area contributed by atoms with Gasteiger partial charge < -0.3 is 14.8 Å². The van der Waals surface area contributed by atoms with E-state index in [0.29, 0.717) is 34.7 Å². The van der Waals surface area contributed by atoms with Gasteiger partial charge in [0.05, 0.1) is 24.2 Å². The van der Waals surface area contributed by atoms with E-state index in [9.17, 15) is 22.8 Å². The van der Waals surface area contributed by atoms with E-state index in [1.54, 1.807) is 31.4 Å². The molecular weight excluding hydrogens is 609 g/mol. The number of rotatable bonds is 10. The fourth-order valence-corrected chi connectivity index (χ4v) is 5.47.